The number of carbonyl (C=O) groups excluding carboxylic acids is 4. The molecule has 0 saturated heterocycles. The Morgan fingerprint density at radius 3 is 2.45 bits per heavy atom. The van der Waals surface area contributed by atoms with Gasteiger partial charge in [0, 0.05) is 12.0 Å². The third-order valence-corrected chi connectivity index (χ3v) is 5.52. The lowest BCUT2D eigenvalue weighted by Gasteiger charge is -2.27. The lowest BCUT2D eigenvalue weighted by Crippen LogP contribution is -2.37. The summed E-state index contributed by atoms with van der Waals surface area (Å²) in [6, 6.07) is 6.60. The number of nitrogens with two attached hydrogens (primary N) is 2. The molecule has 1 unspecified atom stereocenters. The maximum absolute atomic E-state index is 12.8. The van der Waals surface area contributed by atoms with Crippen LogP contribution in [-0.2, 0) is 26.2 Å². The standard InChI is InChI=1S/C22H19N7O4/c1-11-17-15(29-21(24)26-11)6-14(28-20(17)33)12-4-2-3-5-13(12)16-7-25-19(23)18(27-16)22(8-30,9-31)10-32/h2-5,7-10,14H,6H2,1H3,(H2,23,25)(H,28,33)(H2,24,26,29). The number of nitrogens with one attached hydrogen (secondary N) is 1. The zero-order chi connectivity index (χ0) is 23.8. The third kappa shape index (κ3) is 3.59. The molecule has 0 fully saturated rings. The van der Waals surface area contributed by atoms with E-state index in [1.54, 1.807) is 31.2 Å². The van der Waals surface area contributed by atoms with Gasteiger partial charge in [-0.15, -0.1) is 0 Å². The first-order valence-electron chi connectivity index (χ1n) is 9.88. The minimum absolute atomic E-state index is 0.0787. The van der Waals surface area contributed by atoms with E-state index in [1.165, 1.54) is 6.20 Å². The average molecular weight is 445 g/mol. The second-order valence-electron chi connectivity index (χ2n) is 7.58. The van der Waals surface area contributed by atoms with Crippen molar-refractivity contribution < 1.29 is 19.2 Å². The first-order chi connectivity index (χ1) is 15.8. The Morgan fingerprint density at radius 2 is 1.76 bits per heavy atom. The minimum atomic E-state index is -2.16. The molecule has 0 saturated carbocycles. The van der Waals surface area contributed by atoms with Crippen LogP contribution in [0.5, 0.6) is 0 Å². The van der Waals surface area contributed by atoms with E-state index < -0.39 is 11.5 Å². The zero-order valence-corrected chi connectivity index (χ0v) is 17.5. The van der Waals surface area contributed by atoms with E-state index in [1.807, 2.05) is 0 Å². The van der Waals surface area contributed by atoms with E-state index in [0.717, 1.165) is 0 Å². The fraction of sp³-hybridized carbons (Fsp3) is 0.182. The molecule has 0 radical (unpaired) electrons. The Balaban J connectivity index is 1.82. The lowest BCUT2D eigenvalue weighted by molar-refractivity contribution is -0.127. The zero-order valence-electron chi connectivity index (χ0n) is 17.5. The Kier molecular flexibility index (Phi) is 5.38. The van der Waals surface area contributed by atoms with Crippen molar-refractivity contribution in [2.45, 2.75) is 24.8 Å². The highest BCUT2D eigenvalue weighted by Crippen LogP contribution is 2.33. The van der Waals surface area contributed by atoms with Crippen molar-refractivity contribution in [1.82, 2.24) is 25.3 Å². The van der Waals surface area contributed by atoms with Crippen molar-refractivity contribution >= 4 is 36.5 Å². The highest BCUT2D eigenvalue weighted by Gasteiger charge is 2.37. The Morgan fingerprint density at radius 1 is 1.06 bits per heavy atom. The van der Waals surface area contributed by atoms with Crippen molar-refractivity contribution in [2.75, 3.05) is 11.5 Å². The molecule has 0 aliphatic carbocycles. The summed E-state index contributed by atoms with van der Waals surface area (Å²) in [5.74, 6) is -0.473. The normalized spacial score (nSPS) is 15.3. The van der Waals surface area contributed by atoms with E-state index >= 15 is 0 Å². The van der Waals surface area contributed by atoms with Crippen LogP contribution in [-0.4, -0.2) is 44.7 Å². The van der Waals surface area contributed by atoms with Gasteiger partial charge in [-0.2, -0.15) is 0 Å². The van der Waals surface area contributed by atoms with Gasteiger partial charge in [-0.05, 0) is 12.5 Å². The highest BCUT2D eigenvalue weighted by molar-refractivity contribution is 6.09. The summed E-state index contributed by atoms with van der Waals surface area (Å²) in [5.41, 5.74) is 12.1. The van der Waals surface area contributed by atoms with Gasteiger partial charge in [0.05, 0.1) is 34.9 Å². The lowest BCUT2D eigenvalue weighted by atomic mass is 9.88. The number of anilines is 2. The van der Waals surface area contributed by atoms with Gasteiger partial charge in [-0.25, -0.2) is 19.9 Å². The number of hydrogen-bond donors (Lipinski definition) is 3. The Hall–Kier alpha value is -4.54. The number of rotatable bonds is 6. The summed E-state index contributed by atoms with van der Waals surface area (Å²) in [5, 5.41) is 2.95. The number of hydrogen-bond acceptors (Lipinski definition) is 10. The molecule has 11 heteroatoms. The van der Waals surface area contributed by atoms with Gasteiger partial charge in [0.25, 0.3) is 5.91 Å². The molecule has 0 spiro atoms. The number of aryl methyl sites for hydroxylation is 1. The molecule has 5 N–H and O–H groups in total. The molecular formula is C22H19N7O4. The van der Waals surface area contributed by atoms with Gasteiger partial charge < -0.3 is 31.2 Å². The maximum atomic E-state index is 12.8. The number of carbonyl (C=O) groups is 4. The van der Waals surface area contributed by atoms with Crippen LogP contribution in [0, 0.1) is 6.92 Å². The molecule has 3 heterocycles. The smallest absolute Gasteiger partial charge is 0.255 e. The minimum Gasteiger partial charge on any atom is -0.382 e. The second kappa shape index (κ2) is 8.19. The predicted molar refractivity (Wildman–Crippen MR) is 117 cm³/mol. The number of nitrogens with zero attached hydrogens (tertiary/aromatic N) is 4. The molecule has 1 aliphatic heterocycles. The second-order valence-corrected chi connectivity index (χ2v) is 7.58. The molecule has 0 bridgehead atoms. The molecule has 3 aromatic rings. The van der Waals surface area contributed by atoms with E-state index in [-0.39, 0.29) is 47.9 Å². The molecule has 1 amide bonds. The largest absolute Gasteiger partial charge is 0.382 e. The summed E-state index contributed by atoms with van der Waals surface area (Å²) >= 11 is 0. The highest BCUT2D eigenvalue weighted by atomic mass is 16.2. The Labute approximate surface area is 187 Å². The number of fused-ring (bicyclic) bond motifs is 1. The number of aromatic nitrogens is 4. The van der Waals surface area contributed by atoms with Crippen molar-refractivity contribution in [3.63, 3.8) is 0 Å². The molecule has 2 aromatic heterocycles. The van der Waals surface area contributed by atoms with Gasteiger partial charge >= 0.3 is 0 Å². The average Bonchev–Trinajstić information content (AvgIpc) is 2.81. The topological polar surface area (TPSA) is 184 Å². The number of nitrogen functional groups attached to an aromatic ring is 2. The van der Waals surface area contributed by atoms with E-state index in [0.29, 0.717) is 34.5 Å². The van der Waals surface area contributed by atoms with Crippen LogP contribution < -0.4 is 16.8 Å². The van der Waals surface area contributed by atoms with Gasteiger partial charge in [0.1, 0.15) is 30.4 Å². The van der Waals surface area contributed by atoms with Crippen LogP contribution >= 0.6 is 0 Å². The van der Waals surface area contributed by atoms with Gasteiger partial charge in [-0.1, -0.05) is 24.3 Å². The fourth-order valence-electron chi connectivity index (χ4n) is 3.89. The van der Waals surface area contributed by atoms with Gasteiger partial charge in [-0.3, -0.25) is 4.79 Å². The van der Waals surface area contributed by atoms with Crippen LogP contribution in [0.2, 0.25) is 0 Å². The van der Waals surface area contributed by atoms with Crippen molar-refractivity contribution in [1.29, 1.82) is 0 Å². The first-order valence-corrected chi connectivity index (χ1v) is 9.88. The van der Waals surface area contributed by atoms with Gasteiger partial charge in [0.2, 0.25) is 5.95 Å². The SMILES string of the molecule is Cc1nc(N)nc2c1C(=O)NC(c1ccccc1-c1cnc(N)c(C(C=O)(C=O)C=O)n1)C2. The Bertz CT molecular complexity index is 1290. The first kappa shape index (κ1) is 21.7. The molecular weight excluding hydrogens is 426 g/mol. The molecule has 166 valence electrons. The van der Waals surface area contributed by atoms with Crippen molar-refractivity contribution in [3.8, 4) is 11.3 Å². The molecule has 11 nitrogen and oxygen atoms in total. The molecule has 4 rings (SSSR count). The quantitative estimate of drug-likeness (QED) is 0.351. The monoisotopic (exact) mass is 445 g/mol. The van der Waals surface area contributed by atoms with Crippen LogP contribution in [0.25, 0.3) is 11.3 Å². The van der Waals surface area contributed by atoms with Crippen molar-refractivity contribution in [2.24, 2.45) is 0 Å². The summed E-state index contributed by atoms with van der Waals surface area (Å²) < 4.78 is 0. The molecule has 1 aliphatic rings. The fourth-order valence-corrected chi connectivity index (χ4v) is 3.89. The van der Waals surface area contributed by atoms with E-state index in [9.17, 15) is 19.2 Å². The number of aldehydes is 3. The predicted octanol–water partition coefficient (Wildman–Crippen LogP) is 0.268. The molecule has 33 heavy (non-hydrogen) atoms. The summed E-state index contributed by atoms with van der Waals surface area (Å²) in [6.07, 6.45) is 2.24. The molecule has 1 aromatic carbocycles. The number of benzene rings is 1. The van der Waals surface area contributed by atoms with Gasteiger partial charge in [0.15, 0.2) is 5.41 Å². The van der Waals surface area contributed by atoms with Crippen LogP contribution in [0.4, 0.5) is 11.8 Å². The van der Waals surface area contributed by atoms with E-state index in [4.69, 9.17) is 11.5 Å². The third-order valence-electron chi connectivity index (χ3n) is 5.52. The van der Waals surface area contributed by atoms with Crippen LogP contribution in [0.15, 0.2) is 30.5 Å². The summed E-state index contributed by atoms with van der Waals surface area (Å²) in [7, 11) is 0. The van der Waals surface area contributed by atoms with Crippen LogP contribution in [0.1, 0.15) is 39.0 Å². The summed E-state index contributed by atoms with van der Waals surface area (Å²) in [4.78, 5) is 64.1. The van der Waals surface area contributed by atoms with Crippen LogP contribution in [0.3, 0.4) is 0 Å². The summed E-state index contributed by atoms with van der Waals surface area (Å²) in [6.45, 7) is 1.69. The number of amides is 1. The maximum Gasteiger partial charge on any atom is 0.255 e. The van der Waals surface area contributed by atoms with Crippen molar-refractivity contribution in [3.05, 3.63) is 58.7 Å². The van der Waals surface area contributed by atoms with E-state index in [2.05, 4.69) is 25.3 Å². The molecule has 1 atom stereocenters.